The molecule has 1 fully saturated rings. The SMILES string of the molecule is CC(CN)(NC(=O)CCSc1ccccc1Cl)C1CC1. The van der Waals surface area contributed by atoms with Gasteiger partial charge in [0.25, 0.3) is 0 Å². The molecule has 1 amide bonds. The van der Waals surface area contributed by atoms with E-state index < -0.39 is 0 Å². The first-order valence-corrected chi connectivity index (χ1v) is 8.30. The Bertz CT molecular complexity index is 479. The molecule has 0 spiro atoms. The fourth-order valence-corrected chi connectivity index (χ4v) is 3.42. The fourth-order valence-electron chi connectivity index (χ4n) is 2.24. The van der Waals surface area contributed by atoms with Crippen LogP contribution in [-0.2, 0) is 4.79 Å². The van der Waals surface area contributed by atoms with Crippen molar-refractivity contribution in [1.29, 1.82) is 0 Å². The summed E-state index contributed by atoms with van der Waals surface area (Å²) in [6.07, 6.45) is 2.82. The third-order valence-corrected chi connectivity index (χ3v) is 5.27. The van der Waals surface area contributed by atoms with Gasteiger partial charge in [-0.1, -0.05) is 23.7 Å². The predicted molar refractivity (Wildman–Crippen MR) is 85.1 cm³/mol. The van der Waals surface area contributed by atoms with Crippen LogP contribution in [0.3, 0.4) is 0 Å². The largest absolute Gasteiger partial charge is 0.349 e. The molecule has 0 radical (unpaired) electrons. The maximum atomic E-state index is 12.0. The maximum Gasteiger partial charge on any atom is 0.221 e. The number of hydrogen-bond donors (Lipinski definition) is 2. The van der Waals surface area contributed by atoms with Crippen molar-refractivity contribution in [1.82, 2.24) is 5.32 Å². The molecule has 1 atom stereocenters. The summed E-state index contributed by atoms with van der Waals surface area (Å²) in [5.41, 5.74) is 5.57. The summed E-state index contributed by atoms with van der Waals surface area (Å²) in [5, 5.41) is 3.83. The highest BCUT2D eigenvalue weighted by Crippen LogP contribution is 2.39. The minimum absolute atomic E-state index is 0.0735. The Morgan fingerprint density at radius 3 is 2.80 bits per heavy atom. The second-order valence-electron chi connectivity index (χ2n) is 5.47. The molecule has 1 unspecified atom stereocenters. The Hall–Kier alpha value is -0.710. The first-order valence-electron chi connectivity index (χ1n) is 6.93. The minimum atomic E-state index is -0.230. The summed E-state index contributed by atoms with van der Waals surface area (Å²) in [6, 6.07) is 7.69. The standard InChI is InChI=1S/C15H21ClN2OS/c1-15(10-17,11-6-7-11)18-14(19)8-9-20-13-5-3-2-4-12(13)16/h2-5,11H,6-10,17H2,1H3,(H,18,19). The van der Waals surface area contributed by atoms with Crippen molar-refractivity contribution >= 4 is 29.3 Å². The van der Waals surface area contributed by atoms with E-state index in [1.807, 2.05) is 31.2 Å². The first-order chi connectivity index (χ1) is 9.55. The van der Waals surface area contributed by atoms with Gasteiger partial charge in [0.1, 0.15) is 0 Å². The molecule has 1 saturated carbocycles. The van der Waals surface area contributed by atoms with Crippen LogP contribution >= 0.6 is 23.4 Å². The quantitative estimate of drug-likeness (QED) is 0.761. The lowest BCUT2D eigenvalue weighted by atomic mass is 9.96. The van der Waals surface area contributed by atoms with E-state index in [9.17, 15) is 4.79 Å². The fraction of sp³-hybridized carbons (Fsp3) is 0.533. The summed E-state index contributed by atoms with van der Waals surface area (Å²) in [4.78, 5) is 13.0. The van der Waals surface area contributed by atoms with Gasteiger partial charge in [-0.25, -0.2) is 0 Å². The molecule has 0 aromatic heterocycles. The zero-order chi connectivity index (χ0) is 14.6. The van der Waals surface area contributed by atoms with E-state index in [1.165, 1.54) is 12.8 Å². The zero-order valence-corrected chi connectivity index (χ0v) is 13.3. The molecular formula is C15H21ClN2OS. The third-order valence-electron chi connectivity index (χ3n) is 3.75. The molecule has 0 heterocycles. The first kappa shape index (κ1) is 15.7. The molecule has 0 saturated heterocycles. The lowest BCUT2D eigenvalue weighted by Crippen LogP contribution is -2.53. The zero-order valence-electron chi connectivity index (χ0n) is 11.7. The van der Waals surface area contributed by atoms with Crippen LogP contribution in [0.15, 0.2) is 29.2 Å². The van der Waals surface area contributed by atoms with Crippen LogP contribution in [0.4, 0.5) is 0 Å². The Kier molecular flexibility index (Phi) is 5.35. The lowest BCUT2D eigenvalue weighted by molar-refractivity contribution is -0.122. The van der Waals surface area contributed by atoms with Crippen molar-refractivity contribution < 1.29 is 4.79 Å². The van der Waals surface area contributed by atoms with E-state index >= 15 is 0 Å². The van der Waals surface area contributed by atoms with Gasteiger partial charge in [0.05, 0.1) is 10.6 Å². The number of nitrogens with two attached hydrogens (primary N) is 1. The topological polar surface area (TPSA) is 55.1 Å². The molecule has 0 bridgehead atoms. The number of rotatable bonds is 7. The van der Waals surface area contributed by atoms with Crippen molar-refractivity contribution in [3.63, 3.8) is 0 Å². The number of benzene rings is 1. The molecule has 5 heteroatoms. The van der Waals surface area contributed by atoms with E-state index in [4.69, 9.17) is 17.3 Å². The predicted octanol–water partition coefficient (Wildman–Crippen LogP) is 3.07. The van der Waals surface area contributed by atoms with Gasteiger partial charge in [0.15, 0.2) is 0 Å². The third kappa shape index (κ3) is 4.14. The van der Waals surface area contributed by atoms with E-state index in [2.05, 4.69) is 5.32 Å². The molecule has 1 aliphatic carbocycles. The van der Waals surface area contributed by atoms with Crippen LogP contribution in [0.2, 0.25) is 5.02 Å². The summed E-state index contributed by atoms with van der Waals surface area (Å²) in [6.45, 7) is 2.55. The molecule has 3 nitrogen and oxygen atoms in total. The summed E-state index contributed by atoms with van der Waals surface area (Å²) in [7, 11) is 0. The lowest BCUT2D eigenvalue weighted by Gasteiger charge is -2.29. The second-order valence-corrected chi connectivity index (χ2v) is 7.02. The summed E-state index contributed by atoms with van der Waals surface area (Å²) >= 11 is 7.69. The average Bonchev–Trinajstić information content (AvgIpc) is 3.25. The number of nitrogens with one attached hydrogen (secondary N) is 1. The number of hydrogen-bond acceptors (Lipinski definition) is 3. The van der Waals surface area contributed by atoms with Crippen LogP contribution in [0.5, 0.6) is 0 Å². The normalized spacial score (nSPS) is 17.6. The van der Waals surface area contributed by atoms with Gasteiger partial charge >= 0.3 is 0 Å². The molecule has 20 heavy (non-hydrogen) atoms. The van der Waals surface area contributed by atoms with Gasteiger partial charge < -0.3 is 11.1 Å². The van der Waals surface area contributed by atoms with Crippen molar-refractivity contribution in [3.05, 3.63) is 29.3 Å². The number of halogens is 1. The van der Waals surface area contributed by atoms with Crippen LogP contribution in [-0.4, -0.2) is 23.7 Å². The van der Waals surface area contributed by atoms with Crippen molar-refractivity contribution in [3.8, 4) is 0 Å². The van der Waals surface area contributed by atoms with Crippen LogP contribution in [0, 0.1) is 5.92 Å². The number of amides is 1. The smallest absolute Gasteiger partial charge is 0.221 e. The number of carbonyl (C=O) groups excluding carboxylic acids is 1. The van der Waals surface area contributed by atoms with Gasteiger partial charge in [-0.2, -0.15) is 0 Å². The van der Waals surface area contributed by atoms with E-state index in [1.54, 1.807) is 11.8 Å². The van der Waals surface area contributed by atoms with Crippen LogP contribution in [0.1, 0.15) is 26.2 Å². The highest BCUT2D eigenvalue weighted by molar-refractivity contribution is 7.99. The molecule has 2 rings (SSSR count). The molecule has 110 valence electrons. The van der Waals surface area contributed by atoms with Gasteiger partial charge in [0.2, 0.25) is 5.91 Å². The minimum Gasteiger partial charge on any atom is -0.349 e. The number of carbonyl (C=O) groups is 1. The Labute approximate surface area is 129 Å². The number of thioether (sulfide) groups is 1. The highest BCUT2D eigenvalue weighted by atomic mass is 35.5. The molecule has 1 aromatic carbocycles. The maximum absolute atomic E-state index is 12.0. The monoisotopic (exact) mass is 312 g/mol. The van der Waals surface area contributed by atoms with Crippen molar-refractivity contribution in [2.24, 2.45) is 11.7 Å². The molecule has 1 aliphatic rings. The van der Waals surface area contributed by atoms with Gasteiger partial charge in [-0.15, -0.1) is 11.8 Å². The van der Waals surface area contributed by atoms with Crippen molar-refractivity contribution in [2.75, 3.05) is 12.3 Å². The Morgan fingerprint density at radius 1 is 1.50 bits per heavy atom. The highest BCUT2D eigenvalue weighted by Gasteiger charge is 2.41. The van der Waals surface area contributed by atoms with Crippen molar-refractivity contribution in [2.45, 2.75) is 36.6 Å². The second kappa shape index (κ2) is 6.83. The van der Waals surface area contributed by atoms with Crippen LogP contribution < -0.4 is 11.1 Å². The van der Waals surface area contributed by atoms with Crippen LogP contribution in [0.25, 0.3) is 0 Å². The summed E-state index contributed by atoms with van der Waals surface area (Å²) < 4.78 is 0. The Morgan fingerprint density at radius 2 is 2.20 bits per heavy atom. The molecule has 3 N–H and O–H groups in total. The van der Waals surface area contributed by atoms with Gasteiger partial charge in [-0.05, 0) is 37.8 Å². The van der Waals surface area contributed by atoms with E-state index in [0.29, 0.717) is 18.9 Å². The van der Waals surface area contributed by atoms with E-state index in [0.717, 1.165) is 15.7 Å². The van der Waals surface area contributed by atoms with Gasteiger partial charge in [0, 0.05) is 23.6 Å². The van der Waals surface area contributed by atoms with E-state index in [-0.39, 0.29) is 11.4 Å². The molecule has 0 aliphatic heterocycles. The Balaban J connectivity index is 1.77. The average molecular weight is 313 g/mol. The molecule has 1 aromatic rings. The summed E-state index contributed by atoms with van der Waals surface area (Å²) in [5.74, 6) is 1.35. The van der Waals surface area contributed by atoms with Gasteiger partial charge in [-0.3, -0.25) is 4.79 Å². The molecular weight excluding hydrogens is 292 g/mol.